The van der Waals surface area contributed by atoms with Crippen LogP contribution in [0.2, 0.25) is 0 Å². The average Bonchev–Trinajstić information content (AvgIpc) is 3.35. The highest BCUT2D eigenvalue weighted by molar-refractivity contribution is 5.99. The van der Waals surface area contributed by atoms with Crippen molar-refractivity contribution in [2.45, 2.75) is 38.6 Å². The molecule has 0 saturated carbocycles. The van der Waals surface area contributed by atoms with Gasteiger partial charge in [0.2, 0.25) is 11.9 Å². The van der Waals surface area contributed by atoms with Crippen LogP contribution in [0.4, 0.5) is 5.82 Å². The summed E-state index contributed by atoms with van der Waals surface area (Å²) >= 11 is 0. The molecule has 5 rings (SSSR count). The number of aryl methyl sites for hydroxylation is 1. The maximum absolute atomic E-state index is 12.7. The Morgan fingerprint density at radius 2 is 2.20 bits per heavy atom. The molecule has 0 bridgehead atoms. The molecular formula is C16H16N8O. The minimum atomic E-state index is -0.494. The van der Waals surface area contributed by atoms with Gasteiger partial charge in [0.15, 0.2) is 11.6 Å². The van der Waals surface area contributed by atoms with Crippen molar-refractivity contribution in [3.8, 4) is 11.6 Å². The van der Waals surface area contributed by atoms with Gasteiger partial charge in [-0.1, -0.05) is 6.92 Å². The second-order valence-electron chi connectivity index (χ2n) is 6.37. The summed E-state index contributed by atoms with van der Waals surface area (Å²) in [5, 5.41) is 8.65. The van der Waals surface area contributed by atoms with E-state index >= 15 is 0 Å². The van der Waals surface area contributed by atoms with Gasteiger partial charge in [-0.2, -0.15) is 4.98 Å². The standard InChI is InChI=1S/C16H16N8O/c1-3-16-5-4-12(25)24(16)13-11(23-10(2)20-21-14(16)23)8-18-15(19-13)22-7-6-17-9-22/h6-9H,3-5H2,1-2H3. The fraction of sp³-hybridized carbons (Fsp3) is 0.375. The number of carbonyl (C=O) groups excluding carboxylic acids is 1. The van der Waals surface area contributed by atoms with Crippen LogP contribution >= 0.6 is 0 Å². The van der Waals surface area contributed by atoms with Gasteiger partial charge in [-0.05, 0) is 19.8 Å². The summed E-state index contributed by atoms with van der Waals surface area (Å²) in [4.78, 5) is 27.7. The molecule has 0 radical (unpaired) electrons. The molecule has 3 aromatic rings. The maximum Gasteiger partial charge on any atom is 0.237 e. The zero-order valence-electron chi connectivity index (χ0n) is 13.9. The molecule has 3 aromatic heterocycles. The van der Waals surface area contributed by atoms with Crippen LogP contribution in [0, 0.1) is 6.92 Å². The molecule has 0 aliphatic carbocycles. The highest BCUT2D eigenvalue weighted by atomic mass is 16.2. The fourth-order valence-electron chi connectivity index (χ4n) is 3.94. The second-order valence-corrected chi connectivity index (χ2v) is 6.37. The van der Waals surface area contributed by atoms with Crippen LogP contribution in [-0.4, -0.2) is 40.2 Å². The van der Waals surface area contributed by atoms with E-state index in [-0.39, 0.29) is 5.91 Å². The van der Waals surface area contributed by atoms with Crippen molar-refractivity contribution >= 4 is 11.7 Å². The highest BCUT2D eigenvalue weighted by Crippen LogP contribution is 2.49. The third-order valence-electron chi connectivity index (χ3n) is 5.18. The van der Waals surface area contributed by atoms with Crippen molar-refractivity contribution in [1.29, 1.82) is 0 Å². The minimum absolute atomic E-state index is 0.0604. The molecule has 2 aliphatic rings. The van der Waals surface area contributed by atoms with E-state index in [1.54, 1.807) is 34.4 Å². The second kappa shape index (κ2) is 4.71. The Balaban J connectivity index is 1.82. The number of imidazole rings is 1. The van der Waals surface area contributed by atoms with Crippen molar-refractivity contribution < 1.29 is 4.79 Å². The van der Waals surface area contributed by atoms with E-state index in [1.807, 2.05) is 11.5 Å². The monoisotopic (exact) mass is 336 g/mol. The van der Waals surface area contributed by atoms with Gasteiger partial charge >= 0.3 is 0 Å². The van der Waals surface area contributed by atoms with Crippen LogP contribution < -0.4 is 4.90 Å². The molecule has 5 heterocycles. The predicted octanol–water partition coefficient (Wildman–Crippen LogP) is 1.30. The average molecular weight is 336 g/mol. The predicted molar refractivity (Wildman–Crippen MR) is 87.5 cm³/mol. The topological polar surface area (TPSA) is 94.6 Å². The Bertz CT molecular complexity index is 992. The number of hydrogen-bond acceptors (Lipinski definition) is 6. The molecule has 9 nitrogen and oxygen atoms in total. The molecule has 1 fully saturated rings. The maximum atomic E-state index is 12.7. The number of amides is 1. The number of hydrogen-bond donors (Lipinski definition) is 0. The lowest BCUT2D eigenvalue weighted by Crippen LogP contribution is -2.48. The highest BCUT2D eigenvalue weighted by Gasteiger charge is 2.54. The van der Waals surface area contributed by atoms with Crippen molar-refractivity contribution in [3.05, 3.63) is 36.6 Å². The first-order valence-corrected chi connectivity index (χ1v) is 8.27. The normalized spacial score (nSPS) is 21.2. The summed E-state index contributed by atoms with van der Waals surface area (Å²) in [6.45, 7) is 3.97. The quantitative estimate of drug-likeness (QED) is 0.700. The van der Waals surface area contributed by atoms with Gasteiger partial charge in [-0.25, -0.2) is 9.97 Å². The number of fused-ring (bicyclic) bond motifs is 6. The number of anilines is 1. The number of carbonyl (C=O) groups is 1. The van der Waals surface area contributed by atoms with Crippen LogP contribution in [0.5, 0.6) is 0 Å². The first kappa shape index (κ1) is 14.3. The van der Waals surface area contributed by atoms with Gasteiger partial charge in [0.05, 0.1) is 6.20 Å². The van der Waals surface area contributed by atoms with Gasteiger partial charge in [-0.15, -0.1) is 10.2 Å². The van der Waals surface area contributed by atoms with E-state index in [0.29, 0.717) is 24.6 Å². The Labute approximate surface area is 143 Å². The Kier molecular flexibility index (Phi) is 2.69. The van der Waals surface area contributed by atoms with Crippen molar-refractivity contribution in [1.82, 2.24) is 34.3 Å². The molecule has 1 atom stereocenters. The van der Waals surface area contributed by atoms with Crippen molar-refractivity contribution in [2.24, 2.45) is 0 Å². The van der Waals surface area contributed by atoms with Crippen molar-refractivity contribution in [2.75, 3.05) is 4.90 Å². The first-order chi connectivity index (χ1) is 12.2. The summed E-state index contributed by atoms with van der Waals surface area (Å²) in [5.74, 6) is 2.71. The van der Waals surface area contributed by atoms with Gasteiger partial charge < -0.3 is 0 Å². The largest absolute Gasteiger partial charge is 0.281 e. The van der Waals surface area contributed by atoms with E-state index < -0.39 is 5.54 Å². The summed E-state index contributed by atoms with van der Waals surface area (Å²) < 4.78 is 3.70. The van der Waals surface area contributed by atoms with Gasteiger partial charge in [0.25, 0.3) is 0 Å². The first-order valence-electron chi connectivity index (χ1n) is 8.27. The van der Waals surface area contributed by atoms with Crippen molar-refractivity contribution in [3.63, 3.8) is 0 Å². The molecule has 9 heteroatoms. The Morgan fingerprint density at radius 3 is 2.96 bits per heavy atom. The molecule has 0 N–H and O–H groups in total. The smallest absolute Gasteiger partial charge is 0.237 e. The molecule has 1 amide bonds. The van der Waals surface area contributed by atoms with Crippen LogP contribution in [0.15, 0.2) is 24.9 Å². The molecule has 25 heavy (non-hydrogen) atoms. The molecule has 1 saturated heterocycles. The van der Waals surface area contributed by atoms with Crippen LogP contribution in [0.3, 0.4) is 0 Å². The van der Waals surface area contributed by atoms with Crippen LogP contribution in [0.1, 0.15) is 37.8 Å². The molecule has 0 spiro atoms. The zero-order valence-corrected chi connectivity index (χ0v) is 13.9. The lowest BCUT2D eigenvalue weighted by molar-refractivity contribution is -0.117. The van der Waals surface area contributed by atoms with Gasteiger partial charge in [-0.3, -0.25) is 18.8 Å². The van der Waals surface area contributed by atoms with Gasteiger partial charge in [0, 0.05) is 18.8 Å². The third-order valence-corrected chi connectivity index (χ3v) is 5.18. The molecule has 2 aliphatic heterocycles. The molecule has 0 aromatic carbocycles. The van der Waals surface area contributed by atoms with Crippen LogP contribution in [-0.2, 0) is 10.3 Å². The summed E-state index contributed by atoms with van der Waals surface area (Å²) in [6, 6.07) is 0. The van der Waals surface area contributed by atoms with E-state index in [1.165, 1.54) is 0 Å². The summed E-state index contributed by atoms with van der Waals surface area (Å²) in [6.07, 6.45) is 8.75. The SMILES string of the molecule is CCC12CCC(=O)N1c1nc(-n3ccnc3)ncc1-n1c(C)nnc12. The number of nitrogens with zero attached hydrogens (tertiary/aromatic N) is 8. The number of aromatic nitrogens is 7. The zero-order chi connectivity index (χ0) is 17.2. The summed E-state index contributed by atoms with van der Waals surface area (Å²) in [7, 11) is 0. The molecule has 1 unspecified atom stereocenters. The summed E-state index contributed by atoms with van der Waals surface area (Å²) in [5.41, 5.74) is 0.243. The lowest BCUT2D eigenvalue weighted by Gasteiger charge is -2.40. The molecule has 126 valence electrons. The van der Waals surface area contributed by atoms with Crippen LogP contribution in [0.25, 0.3) is 11.6 Å². The van der Waals surface area contributed by atoms with Gasteiger partial charge in [0.1, 0.15) is 23.4 Å². The fourth-order valence-corrected chi connectivity index (χ4v) is 3.94. The third kappa shape index (κ3) is 1.67. The number of rotatable bonds is 2. The lowest BCUT2D eigenvalue weighted by atomic mass is 9.90. The minimum Gasteiger partial charge on any atom is -0.281 e. The van der Waals surface area contributed by atoms with E-state index in [2.05, 4.69) is 27.1 Å². The van der Waals surface area contributed by atoms with E-state index in [4.69, 9.17) is 4.98 Å². The Hall–Kier alpha value is -3.10. The van der Waals surface area contributed by atoms with E-state index in [9.17, 15) is 4.79 Å². The Morgan fingerprint density at radius 1 is 1.32 bits per heavy atom. The molecular weight excluding hydrogens is 320 g/mol. The van der Waals surface area contributed by atoms with E-state index in [0.717, 1.165) is 23.8 Å².